The van der Waals surface area contributed by atoms with E-state index in [-0.39, 0.29) is 6.61 Å². The summed E-state index contributed by atoms with van der Waals surface area (Å²) in [6.45, 7) is 3.23. The summed E-state index contributed by atoms with van der Waals surface area (Å²) in [6.07, 6.45) is 2.33. The van der Waals surface area contributed by atoms with Crippen molar-refractivity contribution in [3.8, 4) is 5.75 Å². The molecule has 5 nitrogen and oxygen atoms in total. The van der Waals surface area contributed by atoms with Crippen molar-refractivity contribution in [2.24, 2.45) is 0 Å². The van der Waals surface area contributed by atoms with E-state index in [2.05, 4.69) is 17.2 Å². The predicted octanol–water partition coefficient (Wildman–Crippen LogP) is 2.04. The van der Waals surface area contributed by atoms with Gasteiger partial charge in [-0.3, -0.25) is 0 Å². The van der Waals surface area contributed by atoms with Crippen LogP contribution in [0.2, 0.25) is 0 Å². The number of nitrogens with zero attached hydrogens (tertiary/aromatic N) is 3. The monoisotopic (exact) mass is 273 g/mol. The molecule has 0 saturated heterocycles. The summed E-state index contributed by atoms with van der Waals surface area (Å²) in [4.78, 5) is 0. The molecule has 1 N–H and O–H groups in total. The Morgan fingerprint density at radius 3 is 2.70 bits per heavy atom. The minimum atomic E-state index is -0.0371. The molecule has 0 bridgehead atoms. The molecular formula is C15H19N3O2. The van der Waals surface area contributed by atoms with Crippen LogP contribution in [0.4, 0.5) is 0 Å². The molecule has 2 aromatic rings. The van der Waals surface area contributed by atoms with E-state index in [1.54, 1.807) is 0 Å². The van der Waals surface area contributed by atoms with E-state index in [0.29, 0.717) is 24.8 Å². The zero-order valence-corrected chi connectivity index (χ0v) is 11.6. The maximum absolute atomic E-state index is 9.29. The fraction of sp³-hybridized carbons (Fsp3) is 0.467. The van der Waals surface area contributed by atoms with Crippen molar-refractivity contribution in [3.63, 3.8) is 0 Å². The number of aryl methyl sites for hydroxylation is 1. The normalized spacial score (nSPS) is 14.5. The molecule has 1 saturated carbocycles. The summed E-state index contributed by atoms with van der Waals surface area (Å²) in [5, 5.41) is 17.5. The first-order chi connectivity index (χ1) is 9.78. The van der Waals surface area contributed by atoms with Crippen LogP contribution in [0.5, 0.6) is 5.75 Å². The van der Waals surface area contributed by atoms with Gasteiger partial charge in [0.1, 0.15) is 18.1 Å². The van der Waals surface area contributed by atoms with E-state index in [9.17, 15) is 5.11 Å². The van der Waals surface area contributed by atoms with Gasteiger partial charge in [0.2, 0.25) is 0 Å². The number of hydrogen-bond donors (Lipinski definition) is 1. The lowest BCUT2D eigenvalue weighted by molar-refractivity contribution is 0.274. The number of benzene rings is 1. The second kappa shape index (κ2) is 5.63. The van der Waals surface area contributed by atoms with Gasteiger partial charge in [-0.05, 0) is 31.9 Å². The molecule has 0 atom stereocenters. The third-order valence-electron chi connectivity index (χ3n) is 3.55. The summed E-state index contributed by atoms with van der Waals surface area (Å²) in [6, 6.07) is 8.00. The van der Waals surface area contributed by atoms with E-state index < -0.39 is 0 Å². The van der Waals surface area contributed by atoms with Crippen LogP contribution < -0.4 is 4.74 Å². The number of ether oxygens (including phenoxy) is 1. The molecule has 1 heterocycles. The first-order valence-electron chi connectivity index (χ1n) is 7.00. The lowest BCUT2D eigenvalue weighted by Gasteiger charge is -2.09. The highest BCUT2D eigenvalue weighted by Gasteiger charge is 2.30. The lowest BCUT2D eigenvalue weighted by atomic mass is 10.2. The molecule has 0 amide bonds. The molecular weight excluding hydrogens is 254 g/mol. The Morgan fingerprint density at radius 2 is 2.05 bits per heavy atom. The van der Waals surface area contributed by atoms with Crippen molar-refractivity contribution in [1.82, 2.24) is 15.0 Å². The minimum absolute atomic E-state index is 0.0371. The number of rotatable bonds is 6. The third-order valence-corrected chi connectivity index (χ3v) is 3.55. The van der Waals surface area contributed by atoms with Crippen LogP contribution in [0.3, 0.4) is 0 Å². The van der Waals surface area contributed by atoms with Crippen LogP contribution in [0.1, 0.15) is 35.7 Å². The maximum atomic E-state index is 9.29. The van der Waals surface area contributed by atoms with E-state index in [0.717, 1.165) is 11.4 Å². The number of aliphatic hydroxyl groups excluding tert-OH is 1. The molecule has 5 heteroatoms. The van der Waals surface area contributed by atoms with Gasteiger partial charge in [0.05, 0.1) is 18.8 Å². The number of aliphatic hydroxyl groups is 1. The Kier molecular flexibility index (Phi) is 3.69. The second-order valence-corrected chi connectivity index (χ2v) is 5.24. The van der Waals surface area contributed by atoms with Crippen molar-refractivity contribution >= 4 is 0 Å². The third kappa shape index (κ3) is 2.82. The van der Waals surface area contributed by atoms with Gasteiger partial charge in [-0.25, -0.2) is 4.68 Å². The van der Waals surface area contributed by atoms with E-state index in [1.807, 2.05) is 28.9 Å². The summed E-state index contributed by atoms with van der Waals surface area (Å²) >= 11 is 0. The summed E-state index contributed by atoms with van der Waals surface area (Å²) in [5.74, 6) is 1.39. The Balaban J connectivity index is 1.61. The van der Waals surface area contributed by atoms with Crippen molar-refractivity contribution in [1.29, 1.82) is 0 Å². The van der Waals surface area contributed by atoms with Crippen LogP contribution in [0.15, 0.2) is 24.3 Å². The van der Waals surface area contributed by atoms with Gasteiger partial charge in [0.25, 0.3) is 0 Å². The smallest absolute Gasteiger partial charge is 0.119 e. The molecule has 1 aromatic carbocycles. The lowest BCUT2D eigenvalue weighted by Crippen LogP contribution is -2.12. The summed E-state index contributed by atoms with van der Waals surface area (Å²) < 4.78 is 7.58. The molecule has 20 heavy (non-hydrogen) atoms. The summed E-state index contributed by atoms with van der Waals surface area (Å²) in [7, 11) is 0. The highest BCUT2D eigenvalue weighted by atomic mass is 16.5. The fourth-order valence-electron chi connectivity index (χ4n) is 2.32. The van der Waals surface area contributed by atoms with Gasteiger partial charge in [-0.1, -0.05) is 22.9 Å². The Morgan fingerprint density at radius 1 is 1.30 bits per heavy atom. The average molecular weight is 273 g/mol. The average Bonchev–Trinajstić information content (AvgIpc) is 3.22. The van der Waals surface area contributed by atoms with Crippen LogP contribution in [0, 0.1) is 6.92 Å². The first kappa shape index (κ1) is 13.1. The molecule has 1 aliphatic rings. The SMILES string of the molecule is Cc1ccc(OCCn2nnc(CO)c2C2CC2)cc1. The second-order valence-electron chi connectivity index (χ2n) is 5.24. The highest BCUT2D eigenvalue weighted by molar-refractivity contribution is 5.26. The van der Waals surface area contributed by atoms with Crippen LogP contribution >= 0.6 is 0 Å². The van der Waals surface area contributed by atoms with Gasteiger partial charge in [-0.15, -0.1) is 5.10 Å². The van der Waals surface area contributed by atoms with E-state index >= 15 is 0 Å². The van der Waals surface area contributed by atoms with Gasteiger partial charge >= 0.3 is 0 Å². The molecule has 3 rings (SSSR count). The van der Waals surface area contributed by atoms with E-state index in [4.69, 9.17) is 4.74 Å². The molecule has 0 unspecified atom stereocenters. The summed E-state index contributed by atoms with van der Waals surface area (Å²) in [5.41, 5.74) is 3.01. The molecule has 0 aliphatic heterocycles. The Bertz CT molecular complexity index is 573. The zero-order valence-electron chi connectivity index (χ0n) is 11.6. The fourth-order valence-corrected chi connectivity index (χ4v) is 2.32. The highest BCUT2D eigenvalue weighted by Crippen LogP contribution is 2.41. The number of hydrogen-bond acceptors (Lipinski definition) is 4. The predicted molar refractivity (Wildman–Crippen MR) is 74.6 cm³/mol. The van der Waals surface area contributed by atoms with Crippen LogP contribution in [-0.4, -0.2) is 26.7 Å². The van der Waals surface area contributed by atoms with Crippen molar-refractivity contribution in [2.75, 3.05) is 6.61 Å². The Labute approximate surface area is 118 Å². The number of aromatic nitrogens is 3. The van der Waals surface area contributed by atoms with Crippen molar-refractivity contribution in [2.45, 2.75) is 38.8 Å². The zero-order chi connectivity index (χ0) is 13.9. The van der Waals surface area contributed by atoms with E-state index in [1.165, 1.54) is 18.4 Å². The van der Waals surface area contributed by atoms with Crippen molar-refractivity contribution < 1.29 is 9.84 Å². The van der Waals surface area contributed by atoms with Gasteiger partial charge in [0.15, 0.2) is 0 Å². The maximum Gasteiger partial charge on any atom is 0.119 e. The molecule has 106 valence electrons. The standard InChI is InChI=1S/C15H19N3O2/c1-11-2-6-13(7-3-11)20-9-8-18-15(12-4-5-12)14(10-19)16-17-18/h2-3,6-7,12,19H,4-5,8-10H2,1H3. The van der Waals surface area contributed by atoms with Gasteiger partial charge in [-0.2, -0.15) is 0 Å². The molecule has 1 aliphatic carbocycles. The van der Waals surface area contributed by atoms with Gasteiger partial charge < -0.3 is 9.84 Å². The molecule has 1 fully saturated rings. The molecule has 0 spiro atoms. The first-order valence-corrected chi connectivity index (χ1v) is 7.00. The largest absolute Gasteiger partial charge is 0.492 e. The minimum Gasteiger partial charge on any atom is -0.492 e. The Hall–Kier alpha value is -1.88. The van der Waals surface area contributed by atoms with Gasteiger partial charge in [0, 0.05) is 5.92 Å². The quantitative estimate of drug-likeness (QED) is 0.875. The van der Waals surface area contributed by atoms with Crippen LogP contribution in [0.25, 0.3) is 0 Å². The topological polar surface area (TPSA) is 60.2 Å². The van der Waals surface area contributed by atoms with Crippen molar-refractivity contribution in [3.05, 3.63) is 41.2 Å². The molecule has 0 radical (unpaired) electrons. The van der Waals surface area contributed by atoms with Crippen LogP contribution in [-0.2, 0) is 13.2 Å². The molecule has 1 aromatic heterocycles.